The molecule has 3 rings (SSSR count). The minimum absolute atomic E-state index is 0.120. The molecule has 0 fully saturated rings. The Bertz CT molecular complexity index is 1210. The van der Waals surface area contributed by atoms with Crippen LogP contribution in [0, 0.1) is 13.8 Å². The number of carbonyl (C=O) groups excluding carboxylic acids is 4. The Kier molecular flexibility index (Phi) is 6.58. The standard InChI is InChI=1S/C24H18O8/c1-13-3-7-15(8-4-13)21(25)17-11-12-18(23(27)31-29)20(24(28)32-30)19(17)22(26)16-9-5-14(2)6-10-16/h3-12,29-30H,1-2H3. The Morgan fingerprint density at radius 1 is 0.562 bits per heavy atom. The van der Waals surface area contributed by atoms with Crippen LogP contribution in [0.5, 0.6) is 0 Å². The molecule has 0 aromatic heterocycles. The van der Waals surface area contributed by atoms with E-state index in [0.717, 1.165) is 17.2 Å². The molecule has 0 aliphatic rings. The number of aryl methyl sites for hydroxylation is 2. The molecule has 0 unspecified atom stereocenters. The van der Waals surface area contributed by atoms with Gasteiger partial charge >= 0.3 is 11.9 Å². The summed E-state index contributed by atoms with van der Waals surface area (Å²) in [5.41, 5.74) is 0.172. The van der Waals surface area contributed by atoms with Gasteiger partial charge in [0.05, 0.1) is 11.1 Å². The van der Waals surface area contributed by atoms with Crippen LogP contribution in [0.25, 0.3) is 0 Å². The van der Waals surface area contributed by atoms with Gasteiger partial charge in [0.1, 0.15) is 0 Å². The highest BCUT2D eigenvalue weighted by Gasteiger charge is 2.32. The van der Waals surface area contributed by atoms with E-state index in [1.165, 1.54) is 18.2 Å². The Balaban J connectivity index is 2.33. The highest BCUT2D eigenvalue weighted by atomic mass is 17.1. The lowest BCUT2D eigenvalue weighted by Crippen LogP contribution is -2.22. The van der Waals surface area contributed by atoms with Crippen molar-refractivity contribution in [3.05, 3.63) is 105 Å². The molecule has 0 saturated heterocycles. The van der Waals surface area contributed by atoms with Crippen molar-refractivity contribution in [1.29, 1.82) is 0 Å². The van der Waals surface area contributed by atoms with Gasteiger partial charge in [0.2, 0.25) is 0 Å². The van der Waals surface area contributed by atoms with E-state index in [1.807, 2.05) is 13.8 Å². The zero-order valence-electron chi connectivity index (χ0n) is 17.1. The van der Waals surface area contributed by atoms with Gasteiger partial charge in [-0.3, -0.25) is 19.4 Å². The van der Waals surface area contributed by atoms with Crippen molar-refractivity contribution in [3.8, 4) is 0 Å². The fourth-order valence-corrected chi connectivity index (χ4v) is 3.21. The maximum atomic E-state index is 13.4. The molecule has 0 heterocycles. The van der Waals surface area contributed by atoms with Crippen molar-refractivity contribution in [1.82, 2.24) is 0 Å². The molecule has 162 valence electrons. The van der Waals surface area contributed by atoms with Gasteiger partial charge in [0.25, 0.3) is 0 Å². The van der Waals surface area contributed by atoms with Gasteiger partial charge in [-0.05, 0) is 26.0 Å². The quantitative estimate of drug-likeness (QED) is 0.338. The summed E-state index contributed by atoms with van der Waals surface area (Å²) in [6, 6.07) is 15.0. The van der Waals surface area contributed by atoms with Crippen LogP contribution in [0.3, 0.4) is 0 Å². The van der Waals surface area contributed by atoms with Crippen molar-refractivity contribution >= 4 is 23.5 Å². The maximum Gasteiger partial charge on any atom is 0.374 e. The molecule has 0 radical (unpaired) electrons. The molecule has 0 aliphatic carbocycles. The number of hydrogen-bond donors (Lipinski definition) is 2. The predicted octanol–water partition coefficient (Wildman–Crippen LogP) is 4.03. The van der Waals surface area contributed by atoms with Gasteiger partial charge in [0.15, 0.2) is 11.6 Å². The molecular weight excluding hydrogens is 416 g/mol. The van der Waals surface area contributed by atoms with Crippen LogP contribution in [0.1, 0.15) is 63.7 Å². The Labute approximate surface area is 182 Å². The van der Waals surface area contributed by atoms with Crippen LogP contribution < -0.4 is 0 Å². The molecular formula is C24H18O8. The van der Waals surface area contributed by atoms with E-state index in [2.05, 4.69) is 9.78 Å². The summed E-state index contributed by atoms with van der Waals surface area (Å²) in [6.45, 7) is 3.65. The second-order valence-electron chi connectivity index (χ2n) is 7.06. The zero-order chi connectivity index (χ0) is 23.4. The highest BCUT2D eigenvalue weighted by molar-refractivity contribution is 6.24. The second-order valence-corrected chi connectivity index (χ2v) is 7.06. The van der Waals surface area contributed by atoms with E-state index in [4.69, 9.17) is 10.5 Å². The van der Waals surface area contributed by atoms with Crippen LogP contribution in [0.2, 0.25) is 0 Å². The van der Waals surface area contributed by atoms with E-state index in [9.17, 15) is 19.2 Å². The fourth-order valence-electron chi connectivity index (χ4n) is 3.21. The summed E-state index contributed by atoms with van der Waals surface area (Å²) in [5.74, 6) is -4.22. The summed E-state index contributed by atoms with van der Waals surface area (Å²) >= 11 is 0. The molecule has 0 amide bonds. The monoisotopic (exact) mass is 434 g/mol. The van der Waals surface area contributed by atoms with Crippen molar-refractivity contribution in [2.45, 2.75) is 13.8 Å². The molecule has 0 bridgehead atoms. The van der Waals surface area contributed by atoms with Crippen LogP contribution in [0.4, 0.5) is 0 Å². The summed E-state index contributed by atoms with van der Waals surface area (Å²) in [7, 11) is 0. The summed E-state index contributed by atoms with van der Waals surface area (Å²) in [6.07, 6.45) is 0. The molecule has 8 nitrogen and oxygen atoms in total. The van der Waals surface area contributed by atoms with Gasteiger partial charge < -0.3 is 0 Å². The lowest BCUT2D eigenvalue weighted by Gasteiger charge is -2.15. The number of benzene rings is 3. The lowest BCUT2D eigenvalue weighted by molar-refractivity contribution is -0.185. The largest absolute Gasteiger partial charge is 0.374 e. The number of hydrogen-bond acceptors (Lipinski definition) is 8. The van der Waals surface area contributed by atoms with Crippen molar-refractivity contribution < 1.29 is 39.5 Å². The van der Waals surface area contributed by atoms with Gasteiger partial charge in [-0.2, -0.15) is 10.5 Å². The Morgan fingerprint density at radius 2 is 1.00 bits per heavy atom. The Hall–Kier alpha value is -4.14. The molecule has 0 atom stereocenters. The molecule has 2 N–H and O–H groups in total. The molecule has 8 heteroatoms. The average Bonchev–Trinajstić information content (AvgIpc) is 2.82. The van der Waals surface area contributed by atoms with Gasteiger partial charge in [-0.1, -0.05) is 59.7 Å². The topological polar surface area (TPSA) is 127 Å². The first-order chi connectivity index (χ1) is 15.3. The number of carbonyl (C=O) groups is 4. The normalized spacial score (nSPS) is 10.4. The SMILES string of the molecule is Cc1ccc(C(=O)c2ccc(C(=O)OO)c(C(=O)OO)c2C(=O)c2ccc(C)cc2)cc1. The molecule has 3 aromatic carbocycles. The van der Waals surface area contributed by atoms with Crippen LogP contribution in [-0.2, 0) is 9.78 Å². The third kappa shape index (κ3) is 4.31. The van der Waals surface area contributed by atoms with E-state index >= 15 is 0 Å². The molecule has 0 saturated carbocycles. The lowest BCUT2D eigenvalue weighted by atomic mass is 9.87. The summed E-state index contributed by atoms with van der Waals surface area (Å²) < 4.78 is 0. The summed E-state index contributed by atoms with van der Waals surface area (Å²) in [5, 5.41) is 17.8. The molecule has 32 heavy (non-hydrogen) atoms. The van der Waals surface area contributed by atoms with E-state index in [1.54, 1.807) is 36.4 Å². The highest BCUT2D eigenvalue weighted by Crippen LogP contribution is 2.27. The van der Waals surface area contributed by atoms with Crippen LogP contribution in [-0.4, -0.2) is 34.0 Å². The van der Waals surface area contributed by atoms with Crippen molar-refractivity contribution in [3.63, 3.8) is 0 Å². The van der Waals surface area contributed by atoms with E-state index in [-0.39, 0.29) is 16.7 Å². The van der Waals surface area contributed by atoms with Crippen molar-refractivity contribution in [2.24, 2.45) is 0 Å². The Morgan fingerprint density at radius 3 is 1.47 bits per heavy atom. The second kappa shape index (κ2) is 9.34. The van der Waals surface area contributed by atoms with E-state index < -0.39 is 40.2 Å². The van der Waals surface area contributed by atoms with Gasteiger partial charge in [-0.15, -0.1) is 0 Å². The first-order valence-electron chi connectivity index (χ1n) is 9.39. The van der Waals surface area contributed by atoms with Crippen LogP contribution >= 0.6 is 0 Å². The number of ketones is 2. The fraction of sp³-hybridized carbons (Fsp3) is 0.0833. The summed E-state index contributed by atoms with van der Waals surface area (Å²) in [4.78, 5) is 58.6. The van der Waals surface area contributed by atoms with Gasteiger partial charge in [-0.25, -0.2) is 9.59 Å². The molecule has 0 spiro atoms. The molecule has 3 aromatic rings. The zero-order valence-corrected chi connectivity index (χ0v) is 17.1. The number of rotatable bonds is 6. The first-order valence-corrected chi connectivity index (χ1v) is 9.39. The smallest absolute Gasteiger partial charge is 0.295 e. The van der Waals surface area contributed by atoms with E-state index in [0.29, 0.717) is 0 Å². The third-order valence-electron chi connectivity index (χ3n) is 4.89. The maximum absolute atomic E-state index is 13.4. The predicted molar refractivity (Wildman–Crippen MR) is 112 cm³/mol. The molecule has 0 aliphatic heterocycles. The minimum Gasteiger partial charge on any atom is -0.295 e. The van der Waals surface area contributed by atoms with Crippen molar-refractivity contribution in [2.75, 3.05) is 0 Å². The third-order valence-corrected chi connectivity index (χ3v) is 4.89. The first kappa shape index (κ1) is 22.5. The minimum atomic E-state index is -1.47. The van der Waals surface area contributed by atoms with Crippen LogP contribution in [0.15, 0.2) is 60.7 Å². The van der Waals surface area contributed by atoms with Gasteiger partial charge in [0, 0.05) is 22.3 Å². The average molecular weight is 434 g/mol.